The second-order valence-corrected chi connectivity index (χ2v) is 11.6. The van der Waals surface area contributed by atoms with Crippen LogP contribution in [0.5, 0.6) is 0 Å². The van der Waals surface area contributed by atoms with Crippen LogP contribution in [0.25, 0.3) is 0 Å². The topological polar surface area (TPSA) is 33.1 Å². The molecule has 0 amide bonds. The molecule has 44 heavy (non-hydrogen) atoms. The Balaban J connectivity index is 0.000000348. The Morgan fingerprint density at radius 3 is 1.61 bits per heavy atom. The third-order valence-electron chi connectivity index (χ3n) is 6.80. The van der Waals surface area contributed by atoms with Gasteiger partial charge < -0.3 is 5.11 Å². The number of hydrogen-bond acceptors (Lipinski definition) is 3. The fourth-order valence-corrected chi connectivity index (χ4v) is 4.69. The number of nitrogens with zero attached hydrogens (tertiary/aromatic N) is 1. The summed E-state index contributed by atoms with van der Waals surface area (Å²) in [6.07, 6.45) is 16.3. The van der Waals surface area contributed by atoms with E-state index in [0.717, 1.165) is 37.1 Å². The Morgan fingerprint density at radius 2 is 1.20 bits per heavy atom. The number of aryl methyl sites for hydroxylation is 6. The van der Waals surface area contributed by atoms with Gasteiger partial charge in [-0.2, -0.15) is 0 Å². The van der Waals surface area contributed by atoms with E-state index in [2.05, 4.69) is 122 Å². The molecule has 0 aliphatic carbocycles. The molecule has 0 bridgehead atoms. The molecule has 0 aliphatic rings. The summed E-state index contributed by atoms with van der Waals surface area (Å²) in [5.41, 5.74) is 8.03. The molecule has 236 valence electrons. The van der Waals surface area contributed by atoms with E-state index in [4.69, 9.17) is 5.11 Å². The van der Waals surface area contributed by atoms with Crippen molar-refractivity contribution in [1.29, 1.82) is 0 Å². The maximum Gasteiger partial charge on any atom is 0.0897 e. The lowest BCUT2D eigenvalue weighted by Crippen LogP contribution is -1.93. The van der Waals surface area contributed by atoms with E-state index in [1.807, 2.05) is 39.8 Å². The number of hydrogen-bond donors (Lipinski definition) is 1. The molecule has 4 rings (SSSR count). The first-order valence-electron chi connectivity index (χ1n) is 16.0. The summed E-state index contributed by atoms with van der Waals surface area (Å²) in [4.78, 5) is 4.32. The molecule has 0 fully saturated rings. The zero-order chi connectivity index (χ0) is 32.4. The molecule has 2 nitrogen and oxygen atoms in total. The largest absolute Gasteiger partial charge is 0.513 e. The Morgan fingerprint density at radius 1 is 0.705 bits per heavy atom. The van der Waals surface area contributed by atoms with Gasteiger partial charge in [0.05, 0.1) is 16.5 Å². The molecule has 0 aliphatic heterocycles. The summed E-state index contributed by atoms with van der Waals surface area (Å²) in [5, 5.41) is 12.4. The monoisotopic (exact) mass is 609 g/mol. The van der Waals surface area contributed by atoms with Gasteiger partial charge in [-0.25, -0.2) is 4.98 Å². The van der Waals surface area contributed by atoms with Gasteiger partial charge in [0, 0.05) is 18.2 Å². The van der Waals surface area contributed by atoms with Crippen molar-refractivity contribution in [1.82, 2.24) is 4.98 Å². The molecule has 1 N–H and O–H groups in total. The number of rotatable bonds is 11. The van der Waals surface area contributed by atoms with Gasteiger partial charge in [-0.15, -0.1) is 11.3 Å². The van der Waals surface area contributed by atoms with E-state index in [-0.39, 0.29) is 5.76 Å². The fraction of sp³-hybridized carbons (Fsp3) is 0.341. The third-order valence-corrected chi connectivity index (χ3v) is 7.63. The van der Waals surface area contributed by atoms with Crippen LogP contribution in [0.3, 0.4) is 0 Å². The number of aliphatic hydroxyl groups excluding tert-OH is 1. The molecule has 0 unspecified atom stereocenters. The van der Waals surface area contributed by atoms with Crippen LogP contribution in [0.15, 0.2) is 121 Å². The molecule has 1 aromatic heterocycles. The molecule has 0 spiro atoms. The van der Waals surface area contributed by atoms with Gasteiger partial charge in [0.15, 0.2) is 0 Å². The molecule has 0 saturated carbocycles. The van der Waals surface area contributed by atoms with Crippen molar-refractivity contribution in [2.45, 2.75) is 92.9 Å². The van der Waals surface area contributed by atoms with Crippen LogP contribution in [-0.2, 0) is 38.5 Å². The highest BCUT2D eigenvalue weighted by Gasteiger charge is 1.99. The smallest absolute Gasteiger partial charge is 0.0897 e. The van der Waals surface area contributed by atoms with Crippen molar-refractivity contribution in [3.8, 4) is 0 Å². The summed E-state index contributed by atoms with van der Waals surface area (Å²) < 4.78 is 0. The first-order chi connectivity index (χ1) is 21.3. The van der Waals surface area contributed by atoms with Crippen LogP contribution in [0.2, 0.25) is 0 Å². The second-order valence-electron chi connectivity index (χ2n) is 10.6. The number of allylic oxidation sites excluding steroid dienone is 5. The van der Waals surface area contributed by atoms with E-state index in [1.54, 1.807) is 11.3 Å². The number of thiazole rings is 1. The molecule has 0 radical (unpaired) electrons. The van der Waals surface area contributed by atoms with Crippen molar-refractivity contribution >= 4 is 11.3 Å². The van der Waals surface area contributed by atoms with Crippen LogP contribution in [-0.4, -0.2) is 10.1 Å². The maximum absolute atomic E-state index is 9.12. The minimum absolute atomic E-state index is 0.259. The molecule has 1 heterocycles. The standard InChI is InChI=1S/C20H24O.C9H12.C8H11NS.C4H8/c1-3-17-6-8-19(9-7-17)14-15-20-12-10-18(11-13-20)5-4-16(2)21;1-2-6-9-7-4-3-5-8-9;1-3-4-5-8-6-10-7(2)9-8;1-3-4-2/h6-13,21H,2-5,14-15H2,1H3;3-5,7-8H,2,6H2,1H3;3-4,6H,5H2,1-2H3;3-4H,1-2H3/b;;2*4-3-. The lowest BCUT2D eigenvalue weighted by Gasteiger charge is -2.05. The minimum Gasteiger partial charge on any atom is -0.513 e. The zero-order valence-corrected chi connectivity index (χ0v) is 28.9. The number of aromatic nitrogens is 1. The van der Waals surface area contributed by atoms with Crippen molar-refractivity contribution < 1.29 is 5.11 Å². The molecule has 0 atom stereocenters. The normalized spacial score (nSPS) is 10.3. The lowest BCUT2D eigenvalue weighted by molar-refractivity contribution is 0.391. The van der Waals surface area contributed by atoms with Crippen molar-refractivity contribution in [3.05, 3.63) is 159 Å². The van der Waals surface area contributed by atoms with Crippen LogP contribution < -0.4 is 0 Å². The van der Waals surface area contributed by atoms with Gasteiger partial charge in [0.25, 0.3) is 0 Å². The van der Waals surface area contributed by atoms with Gasteiger partial charge in [0.2, 0.25) is 0 Å². The van der Waals surface area contributed by atoms with Crippen LogP contribution in [0.1, 0.15) is 86.0 Å². The van der Waals surface area contributed by atoms with Gasteiger partial charge in [-0.1, -0.05) is 130 Å². The highest BCUT2D eigenvalue weighted by Crippen LogP contribution is 2.13. The summed E-state index contributed by atoms with van der Waals surface area (Å²) in [7, 11) is 0. The van der Waals surface area contributed by atoms with Crippen LogP contribution in [0.4, 0.5) is 0 Å². The molecular formula is C41H55NOS. The van der Waals surface area contributed by atoms with E-state index in [9.17, 15) is 0 Å². The average Bonchev–Trinajstić information content (AvgIpc) is 3.48. The SMILES string of the molecule is C/C=C\C.C/C=C\Cc1csc(C)n1.C=C(O)CCc1ccc(CCc2ccc(CC)cc2)cc1.CCCc1ccccc1. The van der Waals surface area contributed by atoms with Crippen LogP contribution >= 0.6 is 11.3 Å². The molecule has 3 aromatic carbocycles. The second kappa shape index (κ2) is 24.7. The predicted molar refractivity (Wildman–Crippen MR) is 196 cm³/mol. The van der Waals surface area contributed by atoms with E-state index in [0.29, 0.717) is 6.42 Å². The Labute approximate surface area is 273 Å². The fourth-order valence-electron chi connectivity index (χ4n) is 4.07. The van der Waals surface area contributed by atoms with Crippen molar-refractivity contribution in [2.75, 3.05) is 0 Å². The van der Waals surface area contributed by atoms with Crippen LogP contribution in [0, 0.1) is 6.92 Å². The zero-order valence-electron chi connectivity index (χ0n) is 28.1. The highest BCUT2D eigenvalue weighted by molar-refractivity contribution is 7.09. The van der Waals surface area contributed by atoms with Gasteiger partial charge in [-0.3, -0.25) is 0 Å². The first kappa shape index (κ1) is 38.3. The molecule has 0 saturated heterocycles. The summed E-state index contributed by atoms with van der Waals surface area (Å²) >= 11 is 1.71. The number of aliphatic hydroxyl groups is 1. The van der Waals surface area contributed by atoms with Gasteiger partial charge >= 0.3 is 0 Å². The maximum atomic E-state index is 9.12. The van der Waals surface area contributed by atoms with Gasteiger partial charge in [-0.05, 0) is 87.6 Å². The molecule has 4 aromatic rings. The highest BCUT2D eigenvalue weighted by atomic mass is 32.1. The van der Waals surface area contributed by atoms with E-state index >= 15 is 0 Å². The van der Waals surface area contributed by atoms with Crippen molar-refractivity contribution in [3.63, 3.8) is 0 Å². The summed E-state index contributed by atoms with van der Waals surface area (Å²) in [5.74, 6) is 0.259. The predicted octanol–water partition coefficient (Wildman–Crippen LogP) is 11.8. The number of benzene rings is 3. The van der Waals surface area contributed by atoms with E-state index < -0.39 is 0 Å². The van der Waals surface area contributed by atoms with E-state index in [1.165, 1.54) is 46.4 Å². The van der Waals surface area contributed by atoms with Crippen molar-refractivity contribution in [2.24, 2.45) is 0 Å². The molecular weight excluding hydrogens is 555 g/mol. The minimum atomic E-state index is 0.259. The average molecular weight is 610 g/mol. The lowest BCUT2D eigenvalue weighted by atomic mass is 10.0. The Bertz CT molecular complexity index is 1310. The summed E-state index contributed by atoms with van der Waals surface area (Å²) in [6.45, 7) is 16.0. The Hall–Kier alpha value is -3.69. The van der Waals surface area contributed by atoms with Gasteiger partial charge in [0.1, 0.15) is 0 Å². The molecule has 3 heteroatoms. The third kappa shape index (κ3) is 18.8. The quantitative estimate of drug-likeness (QED) is 0.135. The summed E-state index contributed by atoms with van der Waals surface area (Å²) in [6, 6.07) is 28.2. The Kier molecular flexibility index (Phi) is 21.5. The first-order valence-corrected chi connectivity index (χ1v) is 16.9.